The van der Waals surface area contributed by atoms with Crippen LogP contribution in [0.3, 0.4) is 0 Å². The van der Waals surface area contributed by atoms with Gasteiger partial charge < -0.3 is 5.11 Å². The summed E-state index contributed by atoms with van der Waals surface area (Å²) in [5, 5.41) is 8.93. The Hall–Kier alpha value is -0.830. The molecular formula is C13H23NO2. The molecule has 0 bridgehead atoms. The minimum atomic E-state index is -0.770. The predicted octanol–water partition coefficient (Wildman–Crippen LogP) is 2.67. The Morgan fingerprint density at radius 1 is 1.44 bits per heavy atom. The summed E-state index contributed by atoms with van der Waals surface area (Å²) in [5.41, 5.74) is 0.544. The van der Waals surface area contributed by atoms with E-state index in [2.05, 4.69) is 11.8 Å². The average molecular weight is 225 g/mol. The number of nitrogens with zero attached hydrogens (tertiary/aromatic N) is 1. The fourth-order valence-corrected chi connectivity index (χ4v) is 1.83. The van der Waals surface area contributed by atoms with E-state index in [9.17, 15) is 4.79 Å². The van der Waals surface area contributed by atoms with Gasteiger partial charge in [-0.3, -0.25) is 4.90 Å². The standard InChI is InChI=1S/C13H23NO2/c1-3-5-9-14(12-6-7-12)10-8-11(4-2)13(15)16/h8,12H,3-7,9-10H2,1-2H3,(H,15,16). The fraction of sp³-hybridized carbons (Fsp3) is 0.769. The number of carboxylic acids is 1. The van der Waals surface area contributed by atoms with Crippen LogP contribution in [0.1, 0.15) is 46.0 Å². The summed E-state index contributed by atoms with van der Waals surface area (Å²) in [6.07, 6.45) is 7.47. The summed E-state index contributed by atoms with van der Waals surface area (Å²) >= 11 is 0. The molecule has 0 aromatic rings. The van der Waals surface area contributed by atoms with Gasteiger partial charge in [-0.25, -0.2) is 4.79 Å². The molecular weight excluding hydrogens is 202 g/mol. The SMILES string of the molecule is CCCCN(CC=C(CC)C(=O)O)C1CC1. The zero-order chi connectivity index (χ0) is 12.0. The molecule has 0 unspecified atom stereocenters. The van der Waals surface area contributed by atoms with Crippen molar-refractivity contribution in [2.24, 2.45) is 0 Å². The number of carboxylic acid groups (broad SMARTS) is 1. The first-order valence-electron chi connectivity index (χ1n) is 6.35. The van der Waals surface area contributed by atoms with Gasteiger partial charge in [0.05, 0.1) is 0 Å². The first kappa shape index (κ1) is 13.2. The maximum absolute atomic E-state index is 10.9. The van der Waals surface area contributed by atoms with E-state index in [4.69, 9.17) is 5.11 Å². The quantitative estimate of drug-likeness (QED) is 0.646. The monoisotopic (exact) mass is 225 g/mol. The zero-order valence-electron chi connectivity index (χ0n) is 10.4. The van der Waals surface area contributed by atoms with Gasteiger partial charge in [-0.15, -0.1) is 0 Å². The highest BCUT2D eigenvalue weighted by Crippen LogP contribution is 2.27. The third-order valence-corrected chi connectivity index (χ3v) is 3.09. The fourth-order valence-electron chi connectivity index (χ4n) is 1.83. The van der Waals surface area contributed by atoms with Crippen molar-refractivity contribution in [3.63, 3.8) is 0 Å². The number of unbranched alkanes of at least 4 members (excludes halogenated alkanes) is 1. The molecule has 0 saturated heterocycles. The molecule has 92 valence electrons. The van der Waals surface area contributed by atoms with Crippen molar-refractivity contribution in [1.82, 2.24) is 4.90 Å². The predicted molar refractivity (Wildman–Crippen MR) is 65.5 cm³/mol. The van der Waals surface area contributed by atoms with Crippen LogP contribution in [-0.4, -0.2) is 35.1 Å². The van der Waals surface area contributed by atoms with Crippen molar-refractivity contribution in [1.29, 1.82) is 0 Å². The Labute approximate surface area is 98.1 Å². The first-order chi connectivity index (χ1) is 7.69. The summed E-state index contributed by atoms with van der Waals surface area (Å²) < 4.78 is 0. The summed E-state index contributed by atoms with van der Waals surface area (Å²) in [5.74, 6) is -0.770. The van der Waals surface area contributed by atoms with Crippen molar-refractivity contribution < 1.29 is 9.90 Å². The molecule has 1 aliphatic carbocycles. The first-order valence-corrected chi connectivity index (χ1v) is 6.35. The maximum Gasteiger partial charge on any atom is 0.331 e. The zero-order valence-corrected chi connectivity index (χ0v) is 10.4. The van der Waals surface area contributed by atoms with Gasteiger partial charge in [0.25, 0.3) is 0 Å². The third-order valence-electron chi connectivity index (χ3n) is 3.09. The molecule has 0 atom stereocenters. The van der Waals surface area contributed by atoms with E-state index in [0.29, 0.717) is 12.0 Å². The van der Waals surface area contributed by atoms with Crippen molar-refractivity contribution in [2.75, 3.05) is 13.1 Å². The van der Waals surface area contributed by atoms with Crippen LogP contribution < -0.4 is 0 Å². The number of carbonyl (C=O) groups is 1. The van der Waals surface area contributed by atoms with E-state index in [1.54, 1.807) is 0 Å². The molecule has 0 aliphatic heterocycles. The molecule has 1 saturated carbocycles. The van der Waals surface area contributed by atoms with E-state index < -0.39 is 5.97 Å². The van der Waals surface area contributed by atoms with E-state index >= 15 is 0 Å². The van der Waals surface area contributed by atoms with Crippen LogP contribution in [0.15, 0.2) is 11.6 Å². The topological polar surface area (TPSA) is 40.5 Å². The average Bonchev–Trinajstić information content (AvgIpc) is 3.06. The molecule has 16 heavy (non-hydrogen) atoms. The van der Waals surface area contributed by atoms with Gasteiger partial charge in [0.1, 0.15) is 0 Å². The summed E-state index contributed by atoms with van der Waals surface area (Å²) in [6.45, 7) is 6.00. The van der Waals surface area contributed by atoms with Gasteiger partial charge in [0, 0.05) is 18.2 Å². The molecule has 0 spiro atoms. The minimum Gasteiger partial charge on any atom is -0.478 e. The van der Waals surface area contributed by atoms with Gasteiger partial charge in [-0.2, -0.15) is 0 Å². The highest BCUT2D eigenvalue weighted by Gasteiger charge is 2.27. The summed E-state index contributed by atoms with van der Waals surface area (Å²) in [7, 11) is 0. The second kappa shape index (κ2) is 6.69. The molecule has 3 heteroatoms. The van der Waals surface area contributed by atoms with Crippen LogP contribution in [0.2, 0.25) is 0 Å². The Bertz CT molecular complexity index is 257. The number of hydrogen-bond donors (Lipinski definition) is 1. The molecule has 1 fully saturated rings. The van der Waals surface area contributed by atoms with E-state index in [0.717, 1.165) is 19.1 Å². The molecule has 0 heterocycles. The maximum atomic E-state index is 10.9. The van der Waals surface area contributed by atoms with Gasteiger partial charge >= 0.3 is 5.97 Å². The highest BCUT2D eigenvalue weighted by atomic mass is 16.4. The molecule has 0 amide bonds. The minimum absolute atomic E-state index is 0.544. The lowest BCUT2D eigenvalue weighted by Gasteiger charge is -2.20. The third kappa shape index (κ3) is 4.35. The smallest absolute Gasteiger partial charge is 0.331 e. The van der Waals surface area contributed by atoms with E-state index in [1.165, 1.54) is 25.7 Å². The largest absolute Gasteiger partial charge is 0.478 e. The second-order valence-electron chi connectivity index (χ2n) is 4.47. The summed E-state index contributed by atoms with van der Waals surface area (Å²) in [4.78, 5) is 13.3. The molecule has 1 rings (SSSR count). The van der Waals surface area contributed by atoms with Crippen LogP contribution in [0, 0.1) is 0 Å². The van der Waals surface area contributed by atoms with Gasteiger partial charge in [-0.1, -0.05) is 26.3 Å². The van der Waals surface area contributed by atoms with Gasteiger partial charge in [0.15, 0.2) is 0 Å². The van der Waals surface area contributed by atoms with Crippen LogP contribution in [-0.2, 0) is 4.79 Å². The molecule has 1 aliphatic rings. The van der Waals surface area contributed by atoms with Crippen molar-refractivity contribution >= 4 is 5.97 Å². The Kier molecular flexibility index (Phi) is 5.53. The van der Waals surface area contributed by atoms with Gasteiger partial charge in [0.2, 0.25) is 0 Å². The molecule has 0 radical (unpaired) electrons. The van der Waals surface area contributed by atoms with Gasteiger partial charge in [-0.05, 0) is 32.2 Å². The van der Waals surface area contributed by atoms with Crippen LogP contribution in [0.4, 0.5) is 0 Å². The highest BCUT2D eigenvalue weighted by molar-refractivity contribution is 5.86. The van der Waals surface area contributed by atoms with Crippen LogP contribution in [0.5, 0.6) is 0 Å². The Balaban J connectivity index is 2.44. The molecule has 0 aromatic heterocycles. The lowest BCUT2D eigenvalue weighted by Crippen LogP contribution is -2.27. The van der Waals surface area contributed by atoms with Crippen LogP contribution in [0.25, 0.3) is 0 Å². The summed E-state index contributed by atoms with van der Waals surface area (Å²) in [6, 6.07) is 0.717. The number of rotatable bonds is 8. The second-order valence-corrected chi connectivity index (χ2v) is 4.47. The lowest BCUT2D eigenvalue weighted by molar-refractivity contribution is -0.132. The molecule has 0 aromatic carbocycles. The molecule has 3 nitrogen and oxygen atoms in total. The normalized spacial score (nSPS) is 16.8. The van der Waals surface area contributed by atoms with Crippen molar-refractivity contribution in [3.8, 4) is 0 Å². The van der Waals surface area contributed by atoms with E-state index in [1.807, 2.05) is 13.0 Å². The Morgan fingerprint density at radius 2 is 2.12 bits per heavy atom. The Morgan fingerprint density at radius 3 is 2.56 bits per heavy atom. The number of hydrogen-bond acceptors (Lipinski definition) is 2. The van der Waals surface area contributed by atoms with Crippen molar-refractivity contribution in [2.45, 2.75) is 52.0 Å². The lowest BCUT2D eigenvalue weighted by atomic mass is 10.2. The van der Waals surface area contributed by atoms with E-state index in [-0.39, 0.29) is 0 Å². The number of aliphatic carboxylic acids is 1. The van der Waals surface area contributed by atoms with Crippen LogP contribution >= 0.6 is 0 Å². The van der Waals surface area contributed by atoms with Crippen molar-refractivity contribution in [3.05, 3.63) is 11.6 Å². The molecule has 1 N–H and O–H groups in total.